The molecular weight excluding hydrogens is 352 g/mol. The number of thiophene rings is 1. The zero-order chi connectivity index (χ0) is 17.5. The predicted octanol–water partition coefficient (Wildman–Crippen LogP) is 3.30. The number of amides is 1. The van der Waals surface area contributed by atoms with Crippen LogP contribution >= 0.6 is 23.1 Å². The quantitative estimate of drug-likeness (QED) is 0.617. The molecule has 0 aliphatic rings. The molecule has 130 valence electrons. The Bertz CT molecular complexity index is 797. The SMILES string of the molecule is Cc1ccc(CNC(=O)CSc2nncn2CCc2cccs2)cc1. The third kappa shape index (κ3) is 5.44. The summed E-state index contributed by atoms with van der Waals surface area (Å²) in [5.74, 6) is 0.335. The maximum atomic E-state index is 12.0. The van der Waals surface area contributed by atoms with Crippen LogP contribution in [0.4, 0.5) is 0 Å². The summed E-state index contributed by atoms with van der Waals surface area (Å²) in [5, 5.41) is 13.9. The van der Waals surface area contributed by atoms with Crippen molar-refractivity contribution < 1.29 is 4.79 Å². The van der Waals surface area contributed by atoms with Gasteiger partial charge in [-0.3, -0.25) is 4.79 Å². The number of nitrogens with zero attached hydrogens (tertiary/aromatic N) is 3. The van der Waals surface area contributed by atoms with Crippen molar-refractivity contribution in [2.45, 2.75) is 31.6 Å². The number of hydrogen-bond acceptors (Lipinski definition) is 5. The number of aryl methyl sites for hydroxylation is 3. The number of aromatic nitrogens is 3. The van der Waals surface area contributed by atoms with Gasteiger partial charge in [0, 0.05) is 18.0 Å². The first kappa shape index (κ1) is 17.7. The van der Waals surface area contributed by atoms with Crippen molar-refractivity contribution in [1.29, 1.82) is 0 Å². The molecule has 0 aliphatic heterocycles. The maximum absolute atomic E-state index is 12.0. The normalized spacial score (nSPS) is 10.8. The van der Waals surface area contributed by atoms with E-state index in [9.17, 15) is 4.79 Å². The van der Waals surface area contributed by atoms with Crippen LogP contribution in [0.1, 0.15) is 16.0 Å². The number of hydrogen-bond donors (Lipinski definition) is 1. The van der Waals surface area contributed by atoms with Crippen molar-refractivity contribution in [3.63, 3.8) is 0 Å². The Labute approximate surface area is 155 Å². The summed E-state index contributed by atoms with van der Waals surface area (Å²) in [7, 11) is 0. The first-order chi connectivity index (χ1) is 12.2. The highest BCUT2D eigenvalue weighted by Crippen LogP contribution is 2.16. The second kappa shape index (κ2) is 8.82. The van der Waals surface area contributed by atoms with Crippen LogP contribution in [0.5, 0.6) is 0 Å². The van der Waals surface area contributed by atoms with E-state index in [0.717, 1.165) is 23.7 Å². The van der Waals surface area contributed by atoms with E-state index in [1.54, 1.807) is 17.7 Å². The monoisotopic (exact) mass is 372 g/mol. The Morgan fingerprint density at radius 1 is 1.28 bits per heavy atom. The molecule has 0 aliphatic carbocycles. The molecule has 0 unspecified atom stereocenters. The fourth-order valence-electron chi connectivity index (χ4n) is 2.28. The number of benzene rings is 1. The molecule has 0 saturated heterocycles. The number of nitrogens with one attached hydrogen (secondary N) is 1. The van der Waals surface area contributed by atoms with Gasteiger partial charge in [0.15, 0.2) is 5.16 Å². The van der Waals surface area contributed by atoms with Crippen LogP contribution in [0, 0.1) is 6.92 Å². The summed E-state index contributed by atoms with van der Waals surface area (Å²) in [6.07, 6.45) is 2.67. The first-order valence-electron chi connectivity index (χ1n) is 8.06. The maximum Gasteiger partial charge on any atom is 0.230 e. The van der Waals surface area contributed by atoms with Gasteiger partial charge in [-0.2, -0.15) is 0 Å². The summed E-state index contributed by atoms with van der Waals surface area (Å²) in [5.41, 5.74) is 2.32. The third-order valence-corrected chi connectivity index (χ3v) is 5.62. The lowest BCUT2D eigenvalue weighted by molar-refractivity contribution is -0.118. The standard InChI is InChI=1S/C18H20N4OS2/c1-14-4-6-15(7-5-14)11-19-17(23)12-25-18-21-20-13-22(18)9-8-16-3-2-10-24-16/h2-7,10,13H,8-9,11-12H2,1H3,(H,19,23). The van der Waals surface area contributed by atoms with Gasteiger partial charge in [-0.25, -0.2) is 0 Å². The molecule has 1 aromatic carbocycles. The average Bonchev–Trinajstić information content (AvgIpc) is 3.29. The van der Waals surface area contributed by atoms with Gasteiger partial charge in [0.05, 0.1) is 5.75 Å². The van der Waals surface area contributed by atoms with Crippen molar-refractivity contribution in [1.82, 2.24) is 20.1 Å². The minimum atomic E-state index is -0.00150. The van der Waals surface area contributed by atoms with E-state index in [-0.39, 0.29) is 5.91 Å². The van der Waals surface area contributed by atoms with Crippen LogP contribution in [0.15, 0.2) is 53.3 Å². The molecule has 2 aromatic heterocycles. The van der Waals surface area contributed by atoms with E-state index in [1.165, 1.54) is 22.2 Å². The zero-order valence-corrected chi connectivity index (χ0v) is 15.6. The molecule has 3 aromatic rings. The van der Waals surface area contributed by atoms with Crippen LogP contribution in [0.25, 0.3) is 0 Å². The highest BCUT2D eigenvalue weighted by molar-refractivity contribution is 7.99. The molecule has 0 spiro atoms. The highest BCUT2D eigenvalue weighted by atomic mass is 32.2. The van der Waals surface area contributed by atoms with Crippen LogP contribution < -0.4 is 5.32 Å². The summed E-state index contributed by atoms with van der Waals surface area (Å²) < 4.78 is 2.00. The molecular formula is C18H20N4OS2. The Balaban J connectivity index is 1.44. The smallest absolute Gasteiger partial charge is 0.230 e. The molecule has 1 amide bonds. The van der Waals surface area contributed by atoms with Gasteiger partial charge in [0.1, 0.15) is 6.33 Å². The molecule has 0 saturated carbocycles. The Morgan fingerprint density at radius 2 is 2.12 bits per heavy atom. The van der Waals surface area contributed by atoms with Crippen LogP contribution in [-0.2, 0) is 24.3 Å². The Morgan fingerprint density at radius 3 is 2.88 bits per heavy atom. The van der Waals surface area contributed by atoms with Gasteiger partial charge in [-0.15, -0.1) is 21.5 Å². The number of thioether (sulfide) groups is 1. The Kier molecular flexibility index (Phi) is 6.25. The molecule has 0 atom stereocenters. The number of carbonyl (C=O) groups is 1. The van der Waals surface area contributed by atoms with Gasteiger partial charge in [0.2, 0.25) is 5.91 Å². The molecule has 5 nitrogen and oxygen atoms in total. The van der Waals surface area contributed by atoms with Crippen molar-refractivity contribution in [2.24, 2.45) is 0 Å². The lowest BCUT2D eigenvalue weighted by Crippen LogP contribution is -2.24. The van der Waals surface area contributed by atoms with Gasteiger partial charge < -0.3 is 9.88 Å². The molecule has 1 N–H and O–H groups in total. The second-order valence-electron chi connectivity index (χ2n) is 5.69. The van der Waals surface area contributed by atoms with Crippen LogP contribution in [0.2, 0.25) is 0 Å². The number of rotatable bonds is 8. The van der Waals surface area contributed by atoms with E-state index in [1.807, 2.05) is 35.8 Å². The molecule has 0 bridgehead atoms. The second-order valence-corrected chi connectivity index (χ2v) is 7.66. The molecule has 25 heavy (non-hydrogen) atoms. The molecule has 0 fully saturated rings. The lowest BCUT2D eigenvalue weighted by atomic mass is 10.1. The van der Waals surface area contributed by atoms with Crippen molar-refractivity contribution in [2.75, 3.05) is 5.75 Å². The number of carbonyl (C=O) groups excluding carboxylic acids is 1. The summed E-state index contributed by atoms with van der Waals surface area (Å²) in [4.78, 5) is 13.4. The van der Waals surface area contributed by atoms with E-state index < -0.39 is 0 Å². The molecule has 7 heteroatoms. The summed E-state index contributed by atoms with van der Waals surface area (Å²) in [6, 6.07) is 12.3. The van der Waals surface area contributed by atoms with E-state index in [0.29, 0.717) is 12.3 Å². The van der Waals surface area contributed by atoms with Gasteiger partial charge in [-0.1, -0.05) is 47.7 Å². The van der Waals surface area contributed by atoms with Crippen molar-refractivity contribution in [3.8, 4) is 0 Å². The van der Waals surface area contributed by atoms with E-state index in [4.69, 9.17) is 0 Å². The minimum Gasteiger partial charge on any atom is -0.351 e. The zero-order valence-electron chi connectivity index (χ0n) is 14.0. The van der Waals surface area contributed by atoms with E-state index >= 15 is 0 Å². The van der Waals surface area contributed by atoms with Gasteiger partial charge in [0.25, 0.3) is 0 Å². The topological polar surface area (TPSA) is 59.8 Å². The largest absolute Gasteiger partial charge is 0.351 e. The summed E-state index contributed by atoms with van der Waals surface area (Å²) in [6.45, 7) is 3.42. The fourth-order valence-corrected chi connectivity index (χ4v) is 3.75. The Hall–Kier alpha value is -2.12. The minimum absolute atomic E-state index is 0.00150. The molecule has 3 rings (SSSR count). The fraction of sp³-hybridized carbons (Fsp3) is 0.278. The van der Waals surface area contributed by atoms with Gasteiger partial charge in [-0.05, 0) is 30.4 Å². The van der Waals surface area contributed by atoms with Crippen LogP contribution in [-0.4, -0.2) is 26.4 Å². The predicted molar refractivity (Wildman–Crippen MR) is 102 cm³/mol. The first-order valence-corrected chi connectivity index (χ1v) is 9.92. The highest BCUT2D eigenvalue weighted by Gasteiger charge is 2.09. The van der Waals surface area contributed by atoms with Gasteiger partial charge >= 0.3 is 0 Å². The lowest BCUT2D eigenvalue weighted by Gasteiger charge is -2.07. The summed E-state index contributed by atoms with van der Waals surface area (Å²) >= 11 is 3.17. The van der Waals surface area contributed by atoms with Crippen molar-refractivity contribution in [3.05, 3.63) is 64.1 Å². The third-order valence-electron chi connectivity index (χ3n) is 3.70. The molecule has 2 heterocycles. The van der Waals surface area contributed by atoms with Crippen molar-refractivity contribution >= 4 is 29.0 Å². The van der Waals surface area contributed by atoms with E-state index in [2.05, 4.69) is 33.0 Å². The van der Waals surface area contributed by atoms with Crippen LogP contribution in [0.3, 0.4) is 0 Å². The molecule has 0 radical (unpaired) electrons. The average molecular weight is 373 g/mol.